The Morgan fingerprint density at radius 3 is 2.71 bits per heavy atom. The third-order valence-electron chi connectivity index (χ3n) is 4.47. The van der Waals surface area contributed by atoms with Crippen LogP contribution in [0.2, 0.25) is 0 Å². The molecule has 2 N–H and O–H groups in total. The second-order valence-corrected chi connectivity index (χ2v) is 5.92. The Labute approximate surface area is 139 Å². The first-order valence-electron chi connectivity index (χ1n) is 7.84. The van der Waals surface area contributed by atoms with Gasteiger partial charge in [-0.2, -0.15) is 5.26 Å². The number of allylic oxidation sites excluding steroid dienone is 3. The number of nitrogens with zero attached hydrogens (tertiary/aromatic N) is 1. The molecule has 1 aliphatic heterocycles. The molecule has 5 nitrogen and oxygen atoms in total. The van der Waals surface area contributed by atoms with Crippen LogP contribution < -0.4 is 5.73 Å². The van der Waals surface area contributed by atoms with Gasteiger partial charge in [0.15, 0.2) is 0 Å². The molecule has 4 rings (SSSR count). The summed E-state index contributed by atoms with van der Waals surface area (Å²) >= 11 is 0. The zero-order chi connectivity index (χ0) is 16.5. The molecular formula is C19H16N2O3. The lowest BCUT2D eigenvalue weighted by Crippen LogP contribution is -2.23. The van der Waals surface area contributed by atoms with E-state index < -0.39 is 0 Å². The van der Waals surface area contributed by atoms with Gasteiger partial charge in [0.05, 0.1) is 31.0 Å². The summed E-state index contributed by atoms with van der Waals surface area (Å²) in [6, 6.07) is 5.98. The molecule has 2 aromatic heterocycles. The third-order valence-corrected chi connectivity index (χ3v) is 4.47. The van der Waals surface area contributed by atoms with Gasteiger partial charge in [-0.15, -0.1) is 0 Å². The molecule has 2 aromatic rings. The van der Waals surface area contributed by atoms with E-state index in [-0.39, 0.29) is 11.8 Å². The Hall–Kier alpha value is -3.13. The van der Waals surface area contributed by atoms with Crippen molar-refractivity contribution < 1.29 is 13.6 Å². The summed E-state index contributed by atoms with van der Waals surface area (Å²) in [6.07, 6.45) is 11.4. The topological polar surface area (TPSA) is 85.3 Å². The number of rotatable bonds is 2. The van der Waals surface area contributed by atoms with Gasteiger partial charge in [-0.05, 0) is 48.6 Å². The molecule has 120 valence electrons. The summed E-state index contributed by atoms with van der Waals surface area (Å²) in [5.74, 6) is 0.748. The largest absolute Gasteiger partial charge is 0.472 e. The fourth-order valence-electron chi connectivity index (χ4n) is 3.41. The quantitative estimate of drug-likeness (QED) is 0.896. The molecule has 0 spiro atoms. The van der Waals surface area contributed by atoms with Crippen molar-refractivity contribution in [3.05, 3.63) is 76.7 Å². The van der Waals surface area contributed by atoms with E-state index in [0.717, 1.165) is 47.3 Å². The molecule has 0 unspecified atom stereocenters. The van der Waals surface area contributed by atoms with Crippen molar-refractivity contribution in [3.63, 3.8) is 0 Å². The third kappa shape index (κ3) is 2.33. The van der Waals surface area contributed by atoms with Crippen LogP contribution >= 0.6 is 0 Å². The second-order valence-electron chi connectivity index (χ2n) is 5.92. The molecular weight excluding hydrogens is 304 g/mol. The molecule has 0 saturated carbocycles. The maximum atomic E-state index is 9.55. The molecule has 3 heterocycles. The fraction of sp³-hybridized carbons (Fsp3) is 0.211. The fourth-order valence-corrected chi connectivity index (χ4v) is 3.41. The average Bonchev–Trinajstić information content (AvgIpc) is 3.28. The molecule has 1 aliphatic carbocycles. The first-order valence-corrected chi connectivity index (χ1v) is 7.84. The van der Waals surface area contributed by atoms with E-state index in [2.05, 4.69) is 12.1 Å². The van der Waals surface area contributed by atoms with E-state index in [1.165, 1.54) is 0 Å². The van der Waals surface area contributed by atoms with Gasteiger partial charge in [-0.25, -0.2) is 0 Å². The number of ether oxygens (including phenoxy) is 1. The van der Waals surface area contributed by atoms with Gasteiger partial charge < -0.3 is 19.3 Å². The van der Waals surface area contributed by atoms with Crippen molar-refractivity contribution in [2.45, 2.75) is 25.2 Å². The molecule has 0 radical (unpaired) electrons. The molecule has 1 atom stereocenters. The summed E-state index contributed by atoms with van der Waals surface area (Å²) < 4.78 is 16.2. The molecule has 2 aliphatic rings. The molecule has 5 heteroatoms. The van der Waals surface area contributed by atoms with E-state index in [0.29, 0.717) is 5.57 Å². The Kier molecular flexibility index (Phi) is 3.51. The first kappa shape index (κ1) is 14.5. The number of hydrogen-bond donors (Lipinski definition) is 1. The Balaban J connectivity index is 1.84. The maximum Gasteiger partial charge on any atom is 0.205 e. The number of nitriles is 1. The van der Waals surface area contributed by atoms with Crippen LogP contribution in [0, 0.1) is 11.3 Å². The molecule has 0 aromatic carbocycles. The summed E-state index contributed by atoms with van der Waals surface area (Å²) in [5.41, 5.74) is 10.6. The van der Waals surface area contributed by atoms with E-state index >= 15 is 0 Å². The minimum absolute atomic E-state index is 0.169. The highest BCUT2D eigenvalue weighted by Gasteiger charge is 2.35. The second kappa shape index (κ2) is 5.82. The number of hydrogen-bond acceptors (Lipinski definition) is 5. The van der Waals surface area contributed by atoms with Crippen LogP contribution in [0.25, 0.3) is 6.08 Å². The highest BCUT2D eigenvalue weighted by molar-refractivity contribution is 5.61. The predicted molar refractivity (Wildman–Crippen MR) is 86.9 cm³/mol. The predicted octanol–water partition coefficient (Wildman–Crippen LogP) is 4.20. The Morgan fingerprint density at radius 1 is 1.17 bits per heavy atom. The molecule has 0 saturated heterocycles. The smallest absolute Gasteiger partial charge is 0.205 e. The lowest BCUT2D eigenvalue weighted by molar-refractivity contribution is 0.277. The van der Waals surface area contributed by atoms with Gasteiger partial charge in [-0.1, -0.05) is 0 Å². The highest BCUT2D eigenvalue weighted by Crippen LogP contribution is 2.46. The van der Waals surface area contributed by atoms with Crippen molar-refractivity contribution in [1.29, 1.82) is 5.26 Å². The average molecular weight is 320 g/mol. The number of nitrogens with two attached hydrogens (primary N) is 1. The molecule has 24 heavy (non-hydrogen) atoms. The molecule has 0 amide bonds. The SMILES string of the molecule is N#CC1=C(N)OC2=C(CCC/C2=C\c2ccoc2)[C@H]1c1ccoc1. The summed E-state index contributed by atoms with van der Waals surface area (Å²) in [7, 11) is 0. The van der Waals surface area contributed by atoms with Crippen molar-refractivity contribution in [2.75, 3.05) is 0 Å². The lowest BCUT2D eigenvalue weighted by atomic mass is 9.77. The van der Waals surface area contributed by atoms with Gasteiger partial charge in [0.2, 0.25) is 5.88 Å². The van der Waals surface area contributed by atoms with Gasteiger partial charge in [0, 0.05) is 11.1 Å². The normalized spacial score (nSPS) is 22.3. The van der Waals surface area contributed by atoms with Crippen molar-refractivity contribution >= 4 is 6.08 Å². The van der Waals surface area contributed by atoms with Crippen LogP contribution in [-0.4, -0.2) is 0 Å². The maximum absolute atomic E-state index is 9.55. The van der Waals surface area contributed by atoms with E-state index in [9.17, 15) is 5.26 Å². The summed E-state index contributed by atoms with van der Waals surface area (Å²) in [4.78, 5) is 0. The van der Waals surface area contributed by atoms with Crippen LogP contribution in [-0.2, 0) is 4.74 Å². The summed E-state index contributed by atoms with van der Waals surface area (Å²) in [5, 5.41) is 9.55. The van der Waals surface area contributed by atoms with E-state index in [1.54, 1.807) is 25.1 Å². The lowest BCUT2D eigenvalue weighted by Gasteiger charge is -2.32. The van der Waals surface area contributed by atoms with Gasteiger partial charge >= 0.3 is 0 Å². The van der Waals surface area contributed by atoms with E-state index in [4.69, 9.17) is 19.3 Å². The van der Waals surface area contributed by atoms with Gasteiger partial charge in [0.1, 0.15) is 17.4 Å². The monoisotopic (exact) mass is 320 g/mol. The molecule has 0 fully saturated rings. The van der Waals surface area contributed by atoms with Gasteiger partial charge in [-0.3, -0.25) is 0 Å². The Bertz CT molecular complexity index is 878. The van der Waals surface area contributed by atoms with E-state index in [1.807, 2.05) is 12.1 Å². The molecule has 0 bridgehead atoms. The standard InChI is InChI=1S/C19H16N2O3/c20-9-16-17(14-5-7-23-11-14)15-3-1-2-13(18(15)24-19(16)21)8-12-4-6-22-10-12/h4-8,10-11,17H,1-3,21H2/b13-8+/t17-/m1/s1. The van der Waals surface area contributed by atoms with Crippen LogP contribution in [0.1, 0.15) is 36.3 Å². The Morgan fingerprint density at radius 2 is 2.00 bits per heavy atom. The highest BCUT2D eigenvalue weighted by atomic mass is 16.5. The van der Waals surface area contributed by atoms with Crippen LogP contribution in [0.5, 0.6) is 0 Å². The summed E-state index contributed by atoms with van der Waals surface area (Å²) in [6.45, 7) is 0. The van der Waals surface area contributed by atoms with Crippen molar-refractivity contribution in [3.8, 4) is 6.07 Å². The van der Waals surface area contributed by atoms with Crippen molar-refractivity contribution in [1.82, 2.24) is 0 Å². The van der Waals surface area contributed by atoms with Crippen LogP contribution in [0.4, 0.5) is 0 Å². The number of furan rings is 2. The minimum atomic E-state index is -0.203. The zero-order valence-corrected chi connectivity index (χ0v) is 13.0. The first-order chi connectivity index (χ1) is 11.8. The minimum Gasteiger partial charge on any atom is -0.472 e. The van der Waals surface area contributed by atoms with Crippen molar-refractivity contribution in [2.24, 2.45) is 5.73 Å². The zero-order valence-electron chi connectivity index (χ0n) is 13.0. The van der Waals surface area contributed by atoms with Crippen LogP contribution in [0.15, 0.2) is 74.4 Å². The van der Waals surface area contributed by atoms with Crippen LogP contribution in [0.3, 0.4) is 0 Å². The van der Waals surface area contributed by atoms with Gasteiger partial charge in [0.25, 0.3) is 0 Å².